The second-order valence-corrected chi connectivity index (χ2v) is 6.46. The van der Waals surface area contributed by atoms with Gasteiger partial charge in [0.25, 0.3) is 0 Å². The van der Waals surface area contributed by atoms with Gasteiger partial charge in [0.1, 0.15) is 5.75 Å². The van der Waals surface area contributed by atoms with E-state index in [0.29, 0.717) is 6.54 Å². The molecule has 0 radical (unpaired) electrons. The van der Waals surface area contributed by atoms with Crippen LogP contribution in [0, 0.1) is 0 Å². The van der Waals surface area contributed by atoms with Crippen LogP contribution in [-0.2, 0) is 19.5 Å². The van der Waals surface area contributed by atoms with Crippen molar-refractivity contribution in [3.63, 3.8) is 0 Å². The summed E-state index contributed by atoms with van der Waals surface area (Å²) in [6.45, 7) is 3.55. The van der Waals surface area contributed by atoms with Crippen LogP contribution in [0.3, 0.4) is 0 Å². The SMILES string of the molecule is O=c1cc(CN2CCCCC2)n(CCc2ccc(O)cc2)cc1O. The molecular formula is C19H24N2O3. The zero-order chi connectivity index (χ0) is 16.9. The molecule has 1 aromatic carbocycles. The van der Waals surface area contributed by atoms with Crippen molar-refractivity contribution in [3.05, 3.63) is 58.0 Å². The topological polar surface area (TPSA) is 65.7 Å². The summed E-state index contributed by atoms with van der Waals surface area (Å²) in [5, 5.41) is 19.1. The van der Waals surface area contributed by atoms with Gasteiger partial charge in [-0.05, 0) is 50.0 Å². The maximum Gasteiger partial charge on any atom is 0.223 e. The van der Waals surface area contributed by atoms with Crippen LogP contribution in [0.2, 0.25) is 0 Å². The van der Waals surface area contributed by atoms with Crippen LogP contribution >= 0.6 is 0 Å². The summed E-state index contributed by atoms with van der Waals surface area (Å²) in [6, 6.07) is 8.69. The van der Waals surface area contributed by atoms with Gasteiger partial charge in [-0.1, -0.05) is 18.6 Å². The number of phenolic OH excluding ortho intramolecular Hbond substituents is 1. The molecule has 0 amide bonds. The monoisotopic (exact) mass is 328 g/mol. The first kappa shape index (κ1) is 16.6. The molecule has 2 N–H and O–H groups in total. The number of nitrogens with zero attached hydrogens (tertiary/aromatic N) is 2. The lowest BCUT2D eigenvalue weighted by molar-refractivity contribution is 0.215. The molecule has 1 saturated heterocycles. The number of hydrogen-bond donors (Lipinski definition) is 2. The molecule has 1 fully saturated rings. The Labute approximate surface area is 141 Å². The van der Waals surface area contributed by atoms with Crippen LogP contribution in [0.1, 0.15) is 30.5 Å². The molecule has 3 rings (SSSR count). The van der Waals surface area contributed by atoms with E-state index in [-0.39, 0.29) is 16.9 Å². The number of pyridine rings is 1. The standard InChI is InChI=1S/C19H24N2O3/c22-17-6-4-15(5-7-17)8-11-21-14-19(24)18(23)12-16(21)13-20-9-2-1-3-10-20/h4-7,12,14,22,24H,1-3,8-11,13H2. The summed E-state index contributed by atoms with van der Waals surface area (Å²) in [5.74, 6) is 0.0497. The number of hydrogen-bond acceptors (Lipinski definition) is 4. The second-order valence-electron chi connectivity index (χ2n) is 6.46. The number of phenols is 1. The summed E-state index contributed by atoms with van der Waals surface area (Å²) in [7, 11) is 0. The zero-order valence-electron chi connectivity index (χ0n) is 13.8. The van der Waals surface area contributed by atoms with Crippen LogP contribution < -0.4 is 5.43 Å². The molecule has 0 aliphatic carbocycles. The molecule has 0 bridgehead atoms. The third kappa shape index (κ3) is 4.17. The van der Waals surface area contributed by atoms with E-state index in [0.717, 1.165) is 37.3 Å². The van der Waals surface area contributed by atoms with Crippen molar-refractivity contribution >= 4 is 0 Å². The highest BCUT2D eigenvalue weighted by Crippen LogP contribution is 2.15. The van der Waals surface area contributed by atoms with E-state index in [1.165, 1.54) is 19.3 Å². The van der Waals surface area contributed by atoms with Gasteiger partial charge < -0.3 is 14.8 Å². The van der Waals surface area contributed by atoms with Gasteiger partial charge in [-0.3, -0.25) is 9.69 Å². The van der Waals surface area contributed by atoms with Gasteiger partial charge in [0.2, 0.25) is 5.43 Å². The van der Waals surface area contributed by atoms with Crippen LogP contribution in [0.25, 0.3) is 0 Å². The van der Waals surface area contributed by atoms with Crippen LogP contribution in [-0.4, -0.2) is 32.8 Å². The van der Waals surface area contributed by atoms with Crippen molar-refractivity contribution in [1.29, 1.82) is 0 Å². The molecule has 2 aromatic rings. The third-order valence-corrected chi connectivity index (χ3v) is 4.61. The highest BCUT2D eigenvalue weighted by Gasteiger charge is 2.14. The van der Waals surface area contributed by atoms with Crippen molar-refractivity contribution < 1.29 is 10.2 Å². The normalized spacial score (nSPS) is 15.5. The second kappa shape index (κ2) is 7.53. The van der Waals surface area contributed by atoms with Gasteiger partial charge in [-0.2, -0.15) is 0 Å². The highest BCUT2D eigenvalue weighted by atomic mass is 16.3. The van der Waals surface area contributed by atoms with Gasteiger partial charge in [0.05, 0.1) is 6.20 Å². The van der Waals surface area contributed by atoms with E-state index >= 15 is 0 Å². The van der Waals surface area contributed by atoms with E-state index in [9.17, 15) is 15.0 Å². The molecule has 0 atom stereocenters. The molecule has 0 spiro atoms. The van der Waals surface area contributed by atoms with Gasteiger partial charge in [0, 0.05) is 24.8 Å². The van der Waals surface area contributed by atoms with Gasteiger partial charge in [-0.15, -0.1) is 0 Å². The summed E-state index contributed by atoms with van der Waals surface area (Å²) >= 11 is 0. The Morgan fingerprint density at radius 3 is 2.42 bits per heavy atom. The van der Waals surface area contributed by atoms with E-state index in [1.54, 1.807) is 24.4 Å². The molecule has 1 aliphatic heterocycles. The maximum absolute atomic E-state index is 11.8. The Hall–Kier alpha value is -2.27. The lowest BCUT2D eigenvalue weighted by Crippen LogP contribution is -2.31. The van der Waals surface area contributed by atoms with Crippen LogP contribution in [0.4, 0.5) is 0 Å². The average Bonchev–Trinajstić information content (AvgIpc) is 2.59. The fourth-order valence-electron chi connectivity index (χ4n) is 3.21. The Kier molecular flexibility index (Phi) is 5.20. The molecule has 2 heterocycles. The van der Waals surface area contributed by atoms with Crippen molar-refractivity contribution in [2.24, 2.45) is 0 Å². The minimum atomic E-state index is -0.317. The predicted octanol–water partition coefficient (Wildman–Crippen LogP) is 2.49. The molecule has 5 heteroatoms. The molecule has 0 saturated carbocycles. The summed E-state index contributed by atoms with van der Waals surface area (Å²) in [6.07, 6.45) is 6.00. The predicted molar refractivity (Wildman–Crippen MR) is 93.3 cm³/mol. The average molecular weight is 328 g/mol. The fraction of sp³-hybridized carbons (Fsp3) is 0.421. The largest absolute Gasteiger partial charge is 0.508 e. The van der Waals surface area contributed by atoms with E-state index < -0.39 is 0 Å². The lowest BCUT2D eigenvalue weighted by Gasteiger charge is -2.27. The fourth-order valence-corrected chi connectivity index (χ4v) is 3.21. The molecular weight excluding hydrogens is 304 g/mol. The van der Waals surface area contributed by atoms with Gasteiger partial charge >= 0.3 is 0 Å². The Balaban J connectivity index is 1.75. The van der Waals surface area contributed by atoms with Gasteiger partial charge in [0.15, 0.2) is 5.75 Å². The first-order chi connectivity index (χ1) is 11.6. The molecule has 1 aromatic heterocycles. The number of likely N-dealkylation sites (tertiary alicyclic amines) is 1. The number of aryl methyl sites for hydroxylation is 2. The van der Waals surface area contributed by atoms with Crippen molar-refractivity contribution in [2.75, 3.05) is 13.1 Å². The van der Waals surface area contributed by atoms with Gasteiger partial charge in [-0.25, -0.2) is 0 Å². The number of piperidine rings is 1. The molecule has 5 nitrogen and oxygen atoms in total. The Morgan fingerprint density at radius 2 is 1.71 bits per heavy atom. The molecule has 128 valence electrons. The minimum Gasteiger partial charge on any atom is -0.508 e. The third-order valence-electron chi connectivity index (χ3n) is 4.61. The van der Waals surface area contributed by atoms with E-state index in [2.05, 4.69) is 4.90 Å². The van der Waals surface area contributed by atoms with Crippen molar-refractivity contribution in [1.82, 2.24) is 9.47 Å². The highest BCUT2D eigenvalue weighted by molar-refractivity contribution is 5.26. The molecule has 24 heavy (non-hydrogen) atoms. The maximum atomic E-state index is 11.8. The summed E-state index contributed by atoms with van der Waals surface area (Å²) in [4.78, 5) is 14.2. The Morgan fingerprint density at radius 1 is 1.00 bits per heavy atom. The summed E-state index contributed by atoms with van der Waals surface area (Å²) in [5.41, 5.74) is 1.73. The molecule has 1 aliphatic rings. The van der Waals surface area contributed by atoms with Crippen molar-refractivity contribution in [3.8, 4) is 11.5 Å². The smallest absolute Gasteiger partial charge is 0.223 e. The molecule has 0 unspecified atom stereocenters. The number of rotatable bonds is 5. The first-order valence-corrected chi connectivity index (χ1v) is 8.54. The first-order valence-electron chi connectivity index (χ1n) is 8.54. The van der Waals surface area contributed by atoms with Crippen LogP contribution in [0.5, 0.6) is 11.5 Å². The zero-order valence-corrected chi connectivity index (χ0v) is 13.8. The van der Waals surface area contributed by atoms with E-state index in [4.69, 9.17) is 0 Å². The minimum absolute atomic E-state index is 0.205. The van der Waals surface area contributed by atoms with Crippen molar-refractivity contribution in [2.45, 2.75) is 38.8 Å². The number of benzene rings is 1. The Bertz CT molecular complexity index is 731. The number of aromatic nitrogens is 1. The number of aromatic hydroxyl groups is 2. The quantitative estimate of drug-likeness (QED) is 0.885. The van der Waals surface area contributed by atoms with E-state index in [1.807, 2.05) is 16.7 Å². The lowest BCUT2D eigenvalue weighted by atomic mass is 10.1. The summed E-state index contributed by atoms with van der Waals surface area (Å²) < 4.78 is 1.97. The van der Waals surface area contributed by atoms with Crippen LogP contribution in [0.15, 0.2) is 41.3 Å².